The van der Waals surface area contributed by atoms with Crippen molar-refractivity contribution < 1.29 is 22.7 Å². The Balaban J connectivity index is 1.70. The van der Waals surface area contributed by atoms with Crippen molar-refractivity contribution in [3.63, 3.8) is 0 Å². The average Bonchev–Trinajstić information content (AvgIpc) is 3.53. The van der Waals surface area contributed by atoms with Gasteiger partial charge in [-0.1, -0.05) is 42.1 Å². The van der Waals surface area contributed by atoms with Gasteiger partial charge in [-0.25, -0.2) is 8.42 Å². The Morgan fingerprint density at radius 1 is 1.00 bits per heavy atom. The highest BCUT2D eigenvalue weighted by Gasteiger charge is 2.33. The lowest BCUT2D eigenvalue weighted by molar-refractivity contribution is -0.139. The molecule has 4 rings (SSSR count). The van der Waals surface area contributed by atoms with Gasteiger partial charge in [-0.2, -0.15) is 0 Å². The Morgan fingerprint density at radius 2 is 1.66 bits per heavy atom. The molecule has 1 aliphatic carbocycles. The van der Waals surface area contributed by atoms with Crippen molar-refractivity contribution in [2.45, 2.75) is 68.0 Å². The molecule has 1 fully saturated rings. The summed E-state index contributed by atoms with van der Waals surface area (Å²) < 4.78 is 34.8. The Bertz CT molecular complexity index is 1550. The van der Waals surface area contributed by atoms with Crippen LogP contribution in [-0.4, -0.2) is 56.6 Å². The highest BCUT2D eigenvalue weighted by Crippen LogP contribution is 2.29. The molecule has 0 spiro atoms. The van der Waals surface area contributed by atoms with E-state index in [-0.39, 0.29) is 29.1 Å². The van der Waals surface area contributed by atoms with E-state index in [0.29, 0.717) is 28.0 Å². The second-order valence-corrected chi connectivity index (χ2v) is 14.1. The number of nitrogens with zero attached hydrogens (tertiary/aromatic N) is 2. The van der Waals surface area contributed by atoms with Crippen molar-refractivity contribution >= 4 is 62.5 Å². The first-order chi connectivity index (χ1) is 21.0. The number of carbonyl (C=O) groups is 2. The number of thioether (sulfide) groups is 1. The molecule has 0 aliphatic heterocycles. The van der Waals surface area contributed by atoms with E-state index >= 15 is 0 Å². The summed E-state index contributed by atoms with van der Waals surface area (Å²) >= 11 is 13.9. The molecule has 1 aliphatic rings. The van der Waals surface area contributed by atoms with Gasteiger partial charge in [0.25, 0.3) is 10.0 Å². The largest absolute Gasteiger partial charge is 0.494 e. The predicted octanol–water partition coefficient (Wildman–Crippen LogP) is 6.79. The van der Waals surface area contributed by atoms with Gasteiger partial charge in [0, 0.05) is 17.5 Å². The SMILES string of the molecule is CCOc1ccc(N(CC(=O)N(Cc2ccc(Cl)c(Cl)c2)C(C)C(=O)NC2CCCC2)S(=O)(=O)c2ccc(SC)cc2)cc1. The average molecular weight is 679 g/mol. The standard InChI is InChI=1S/C32H37Cl2N3O5S2/c1-4-42-26-12-10-25(11-13-26)37(44(40,41)28-16-14-27(43-3)15-17-28)21-31(38)36(20-23-9-18-29(33)30(34)19-23)22(2)32(39)35-24-7-5-6-8-24/h9-19,22,24H,4-8,20-21H2,1-3H3,(H,35,39). The fourth-order valence-electron chi connectivity index (χ4n) is 5.09. The zero-order valence-electron chi connectivity index (χ0n) is 25.0. The van der Waals surface area contributed by atoms with Gasteiger partial charge < -0.3 is 15.0 Å². The Morgan fingerprint density at radius 3 is 2.25 bits per heavy atom. The van der Waals surface area contributed by atoms with Crippen LogP contribution in [0, 0.1) is 0 Å². The summed E-state index contributed by atoms with van der Waals surface area (Å²) in [5.74, 6) is -0.278. The first kappa shape index (κ1) is 34.0. The first-order valence-corrected chi connectivity index (χ1v) is 17.9. The van der Waals surface area contributed by atoms with E-state index in [0.717, 1.165) is 34.9 Å². The predicted molar refractivity (Wildman–Crippen MR) is 177 cm³/mol. The molecule has 1 unspecified atom stereocenters. The van der Waals surface area contributed by atoms with Gasteiger partial charge in [-0.3, -0.25) is 13.9 Å². The minimum Gasteiger partial charge on any atom is -0.494 e. The topological polar surface area (TPSA) is 96.0 Å². The second kappa shape index (κ2) is 15.4. The van der Waals surface area contributed by atoms with Gasteiger partial charge in [-0.15, -0.1) is 11.8 Å². The van der Waals surface area contributed by atoms with Crippen molar-refractivity contribution in [3.8, 4) is 5.75 Å². The van der Waals surface area contributed by atoms with Crippen LogP contribution in [0.5, 0.6) is 5.75 Å². The molecule has 2 amide bonds. The van der Waals surface area contributed by atoms with Crippen molar-refractivity contribution in [2.75, 3.05) is 23.7 Å². The monoisotopic (exact) mass is 677 g/mol. The first-order valence-electron chi connectivity index (χ1n) is 14.5. The number of hydrogen-bond acceptors (Lipinski definition) is 6. The maximum Gasteiger partial charge on any atom is 0.264 e. The number of halogens is 2. The van der Waals surface area contributed by atoms with Crippen molar-refractivity contribution in [1.29, 1.82) is 0 Å². The fourth-order valence-corrected chi connectivity index (χ4v) is 7.23. The third-order valence-electron chi connectivity index (χ3n) is 7.57. The van der Waals surface area contributed by atoms with E-state index in [1.165, 1.54) is 28.8 Å². The third kappa shape index (κ3) is 8.41. The molecule has 0 heterocycles. The van der Waals surface area contributed by atoms with E-state index in [1.54, 1.807) is 61.5 Å². The van der Waals surface area contributed by atoms with Crippen LogP contribution in [0.15, 0.2) is 76.5 Å². The Labute approximate surface area is 274 Å². The number of carbonyl (C=O) groups excluding carboxylic acids is 2. The highest BCUT2D eigenvalue weighted by molar-refractivity contribution is 7.98. The highest BCUT2D eigenvalue weighted by atomic mass is 35.5. The van der Waals surface area contributed by atoms with Gasteiger partial charge in [0.1, 0.15) is 18.3 Å². The molecule has 236 valence electrons. The number of benzene rings is 3. The summed E-state index contributed by atoms with van der Waals surface area (Å²) in [4.78, 5) is 29.9. The number of sulfonamides is 1. The molecule has 3 aromatic carbocycles. The summed E-state index contributed by atoms with van der Waals surface area (Å²) in [6, 6.07) is 17.2. The number of anilines is 1. The maximum atomic E-state index is 14.2. The van der Waals surface area contributed by atoms with Crippen molar-refractivity contribution in [1.82, 2.24) is 10.2 Å². The molecular weight excluding hydrogens is 641 g/mol. The summed E-state index contributed by atoms with van der Waals surface area (Å²) in [5.41, 5.74) is 0.935. The van der Waals surface area contributed by atoms with Crippen LogP contribution in [0.1, 0.15) is 45.1 Å². The van der Waals surface area contributed by atoms with Crippen LogP contribution >= 0.6 is 35.0 Å². The van der Waals surface area contributed by atoms with Crippen LogP contribution in [0.3, 0.4) is 0 Å². The minimum atomic E-state index is -4.19. The molecule has 0 aromatic heterocycles. The molecule has 0 bridgehead atoms. The van der Waals surface area contributed by atoms with E-state index in [9.17, 15) is 18.0 Å². The molecule has 44 heavy (non-hydrogen) atoms. The van der Waals surface area contributed by atoms with Gasteiger partial charge in [-0.05, 0) is 99.2 Å². The van der Waals surface area contributed by atoms with E-state index < -0.39 is 28.5 Å². The fraction of sp³-hybridized carbons (Fsp3) is 0.375. The molecule has 1 atom stereocenters. The quantitative estimate of drug-likeness (QED) is 0.200. The maximum absolute atomic E-state index is 14.2. The molecule has 1 saturated carbocycles. The normalized spacial score (nSPS) is 14.2. The van der Waals surface area contributed by atoms with Crippen LogP contribution in [-0.2, 0) is 26.2 Å². The molecule has 12 heteroatoms. The van der Waals surface area contributed by atoms with Crippen LogP contribution in [0.4, 0.5) is 5.69 Å². The number of ether oxygens (including phenoxy) is 1. The summed E-state index contributed by atoms with van der Waals surface area (Å²) in [6.07, 6.45) is 5.76. The Hall–Kier alpha value is -2.92. The van der Waals surface area contributed by atoms with Crippen LogP contribution in [0.2, 0.25) is 10.0 Å². The lowest BCUT2D eigenvalue weighted by atomic mass is 10.1. The van der Waals surface area contributed by atoms with Crippen molar-refractivity contribution in [3.05, 3.63) is 82.3 Å². The van der Waals surface area contributed by atoms with Gasteiger partial charge >= 0.3 is 0 Å². The zero-order valence-corrected chi connectivity index (χ0v) is 28.1. The summed E-state index contributed by atoms with van der Waals surface area (Å²) in [6.45, 7) is 3.44. The van der Waals surface area contributed by atoms with Gasteiger partial charge in [0.15, 0.2) is 0 Å². The molecule has 8 nitrogen and oxygen atoms in total. The smallest absolute Gasteiger partial charge is 0.264 e. The zero-order chi connectivity index (χ0) is 31.9. The molecule has 0 saturated heterocycles. The third-order valence-corrected chi connectivity index (χ3v) is 10.8. The minimum absolute atomic E-state index is 0.0224. The summed E-state index contributed by atoms with van der Waals surface area (Å²) in [5, 5.41) is 3.74. The second-order valence-electron chi connectivity index (χ2n) is 10.6. The lowest BCUT2D eigenvalue weighted by Gasteiger charge is -2.32. The number of nitrogens with one attached hydrogen (secondary N) is 1. The van der Waals surface area contributed by atoms with E-state index in [2.05, 4.69) is 5.32 Å². The van der Waals surface area contributed by atoms with E-state index in [4.69, 9.17) is 27.9 Å². The van der Waals surface area contributed by atoms with Gasteiger partial charge in [0.05, 0.1) is 27.2 Å². The lowest BCUT2D eigenvalue weighted by Crippen LogP contribution is -2.52. The molecule has 3 aromatic rings. The molecular formula is C32H37Cl2N3O5S2. The number of hydrogen-bond donors (Lipinski definition) is 1. The number of rotatable bonds is 13. The number of amides is 2. The van der Waals surface area contributed by atoms with Crippen LogP contribution in [0.25, 0.3) is 0 Å². The van der Waals surface area contributed by atoms with Gasteiger partial charge in [0.2, 0.25) is 11.8 Å². The summed E-state index contributed by atoms with van der Waals surface area (Å²) in [7, 11) is -4.19. The van der Waals surface area contributed by atoms with E-state index in [1.807, 2.05) is 13.2 Å². The van der Waals surface area contributed by atoms with Crippen molar-refractivity contribution in [2.24, 2.45) is 0 Å². The molecule has 0 radical (unpaired) electrons. The Kier molecular flexibility index (Phi) is 11.9. The van der Waals surface area contributed by atoms with Crippen LogP contribution < -0.4 is 14.4 Å². The molecule has 1 N–H and O–H groups in total.